The predicted octanol–water partition coefficient (Wildman–Crippen LogP) is 2.24. The first-order chi connectivity index (χ1) is 10.2. The van der Waals surface area contributed by atoms with Gasteiger partial charge in [0.15, 0.2) is 0 Å². The Kier molecular flexibility index (Phi) is 4.26. The third-order valence-corrected chi connectivity index (χ3v) is 4.36. The van der Waals surface area contributed by atoms with Crippen molar-refractivity contribution in [2.75, 3.05) is 26.2 Å². The molecule has 3 heterocycles. The first-order valence-corrected chi connectivity index (χ1v) is 7.80. The van der Waals surface area contributed by atoms with E-state index in [0.29, 0.717) is 25.2 Å². The fourth-order valence-corrected chi connectivity index (χ4v) is 3.08. The molecule has 1 fully saturated rings. The van der Waals surface area contributed by atoms with Crippen molar-refractivity contribution in [1.29, 1.82) is 0 Å². The molecule has 0 spiro atoms. The van der Waals surface area contributed by atoms with E-state index < -0.39 is 0 Å². The van der Waals surface area contributed by atoms with Gasteiger partial charge in [0.2, 0.25) is 0 Å². The van der Waals surface area contributed by atoms with Gasteiger partial charge in [-0.3, -0.25) is 14.7 Å². The van der Waals surface area contributed by atoms with Crippen molar-refractivity contribution in [1.82, 2.24) is 14.8 Å². The average Bonchev–Trinajstić information content (AvgIpc) is 3.04. The lowest BCUT2D eigenvalue weighted by atomic mass is 10.2. The molecule has 110 valence electrons. The maximum absolute atomic E-state index is 13.6. The first kappa shape index (κ1) is 14.2. The van der Waals surface area contributed by atoms with Gasteiger partial charge < -0.3 is 4.90 Å². The van der Waals surface area contributed by atoms with Crippen LogP contribution in [-0.2, 0) is 6.54 Å². The van der Waals surface area contributed by atoms with Crippen LogP contribution in [0.1, 0.15) is 15.9 Å². The molecule has 21 heavy (non-hydrogen) atoms. The van der Waals surface area contributed by atoms with Crippen molar-refractivity contribution in [2.45, 2.75) is 6.54 Å². The molecule has 2 aromatic heterocycles. The van der Waals surface area contributed by atoms with E-state index in [1.807, 2.05) is 21.7 Å². The van der Waals surface area contributed by atoms with E-state index in [9.17, 15) is 9.18 Å². The first-order valence-electron chi connectivity index (χ1n) is 6.86. The average molecular weight is 305 g/mol. The Hall–Kier alpha value is -1.79. The van der Waals surface area contributed by atoms with Gasteiger partial charge in [-0.25, -0.2) is 4.39 Å². The Morgan fingerprint density at radius 3 is 2.76 bits per heavy atom. The number of thiophene rings is 1. The standard InChI is InChI=1S/C15H16FN3OS/c16-14-9-17-3-1-12(14)10-18-4-6-19(7-5-18)15(20)13-2-8-21-11-13/h1-3,8-9,11H,4-7,10H2. The molecule has 0 aliphatic carbocycles. The minimum atomic E-state index is -0.269. The summed E-state index contributed by atoms with van der Waals surface area (Å²) in [6.45, 7) is 3.45. The van der Waals surface area contributed by atoms with E-state index in [1.165, 1.54) is 17.5 Å². The maximum Gasteiger partial charge on any atom is 0.254 e. The molecular formula is C15H16FN3OS. The Labute approximate surface area is 126 Å². The van der Waals surface area contributed by atoms with Gasteiger partial charge in [0.05, 0.1) is 11.8 Å². The summed E-state index contributed by atoms with van der Waals surface area (Å²) in [4.78, 5) is 20.0. The van der Waals surface area contributed by atoms with E-state index in [2.05, 4.69) is 9.88 Å². The Bertz CT molecular complexity index is 609. The lowest BCUT2D eigenvalue weighted by Crippen LogP contribution is -2.48. The highest BCUT2D eigenvalue weighted by Crippen LogP contribution is 2.14. The lowest BCUT2D eigenvalue weighted by Gasteiger charge is -2.34. The van der Waals surface area contributed by atoms with Crippen molar-refractivity contribution in [3.8, 4) is 0 Å². The number of nitrogens with zero attached hydrogens (tertiary/aromatic N) is 3. The molecule has 0 radical (unpaired) electrons. The molecule has 1 aliphatic rings. The Morgan fingerprint density at radius 1 is 1.29 bits per heavy atom. The van der Waals surface area contributed by atoms with Gasteiger partial charge in [-0.2, -0.15) is 11.3 Å². The van der Waals surface area contributed by atoms with Crippen LogP contribution in [0, 0.1) is 5.82 Å². The number of hydrogen-bond acceptors (Lipinski definition) is 4. The van der Waals surface area contributed by atoms with Gasteiger partial charge in [-0.15, -0.1) is 0 Å². The highest BCUT2D eigenvalue weighted by atomic mass is 32.1. The molecule has 0 N–H and O–H groups in total. The fourth-order valence-electron chi connectivity index (χ4n) is 2.45. The lowest BCUT2D eigenvalue weighted by molar-refractivity contribution is 0.0627. The third-order valence-electron chi connectivity index (χ3n) is 3.68. The molecule has 1 amide bonds. The summed E-state index contributed by atoms with van der Waals surface area (Å²) in [5.41, 5.74) is 1.41. The molecule has 0 bridgehead atoms. The molecular weight excluding hydrogens is 289 g/mol. The predicted molar refractivity (Wildman–Crippen MR) is 79.7 cm³/mol. The molecule has 1 aliphatic heterocycles. The van der Waals surface area contributed by atoms with Crippen molar-refractivity contribution >= 4 is 17.2 Å². The molecule has 0 atom stereocenters. The largest absolute Gasteiger partial charge is 0.336 e. The molecule has 3 rings (SSSR count). The monoisotopic (exact) mass is 305 g/mol. The van der Waals surface area contributed by atoms with E-state index in [4.69, 9.17) is 0 Å². The number of hydrogen-bond donors (Lipinski definition) is 0. The second-order valence-electron chi connectivity index (χ2n) is 5.05. The van der Waals surface area contributed by atoms with Crippen LogP contribution < -0.4 is 0 Å². The number of amides is 1. The maximum atomic E-state index is 13.6. The summed E-state index contributed by atoms with van der Waals surface area (Å²) in [7, 11) is 0. The van der Waals surface area contributed by atoms with Crippen LogP contribution in [0.25, 0.3) is 0 Å². The topological polar surface area (TPSA) is 36.4 Å². The highest BCUT2D eigenvalue weighted by Gasteiger charge is 2.22. The summed E-state index contributed by atoms with van der Waals surface area (Å²) in [5.74, 6) is -0.180. The summed E-state index contributed by atoms with van der Waals surface area (Å²) in [6.07, 6.45) is 2.85. The number of piperazine rings is 1. The zero-order valence-corrected chi connectivity index (χ0v) is 12.4. The molecule has 6 heteroatoms. The van der Waals surface area contributed by atoms with Crippen LogP contribution in [0.15, 0.2) is 35.3 Å². The van der Waals surface area contributed by atoms with Gasteiger partial charge in [-0.05, 0) is 17.5 Å². The van der Waals surface area contributed by atoms with Gasteiger partial charge in [0.25, 0.3) is 5.91 Å². The number of rotatable bonds is 3. The van der Waals surface area contributed by atoms with Crippen molar-refractivity contribution < 1.29 is 9.18 Å². The van der Waals surface area contributed by atoms with Crippen molar-refractivity contribution in [3.63, 3.8) is 0 Å². The number of carbonyl (C=O) groups excluding carboxylic acids is 1. The van der Waals surface area contributed by atoms with E-state index in [0.717, 1.165) is 18.7 Å². The normalized spacial score (nSPS) is 16.1. The number of aromatic nitrogens is 1. The third kappa shape index (κ3) is 3.28. The summed E-state index contributed by atoms with van der Waals surface area (Å²) in [5, 5.41) is 3.79. The van der Waals surface area contributed by atoms with Crippen LogP contribution in [0.5, 0.6) is 0 Å². The molecule has 1 saturated heterocycles. The van der Waals surface area contributed by atoms with Crippen LogP contribution in [0.3, 0.4) is 0 Å². The second-order valence-corrected chi connectivity index (χ2v) is 5.83. The van der Waals surface area contributed by atoms with Crippen molar-refractivity contribution in [2.24, 2.45) is 0 Å². The number of halogens is 1. The molecule has 0 saturated carbocycles. The van der Waals surface area contributed by atoms with Gasteiger partial charge >= 0.3 is 0 Å². The van der Waals surface area contributed by atoms with E-state index in [-0.39, 0.29) is 11.7 Å². The minimum absolute atomic E-state index is 0.0889. The smallest absolute Gasteiger partial charge is 0.254 e. The summed E-state index contributed by atoms with van der Waals surface area (Å²) in [6, 6.07) is 3.56. The van der Waals surface area contributed by atoms with Crippen LogP contribution in [0.4, 0.5) is 4.39 Å². The Balaban J connectivity index is 1.56. The Morgan fingerprint density at radius 2 is 2.10 bits per heavy atom. The number of carbonyl (C=O) groups is 1. The quantitative estimate of drug-likeness (QED) is 0.872. The summed E-state index contributed by atoms with van der Waals surface area (Å²) < 4.78 is 13.6. The van der Waals surface area contributed by atoms with E-state index in [1.54, 1.807) is 12.3 Å². The minimum Gasteiger partial charge on any atom is -0.336 e. The molecule has 4 nitrogen and oxygen atoms in total. The zero-order chi connectivity index (χ0) is 14.7. The van der Waals surface area contributed by atoms with Crippen LogP contribution in [-0.4, -0.2) is 46.9 Å². The van der Waals surface area contributed by atoms with Gasteiger partial charge in [-0.1, -0.05) is 0 Å². The van der Waals surface area contributed by atoms with Crippen LogP contribution >= 0.6 is 11.3 Å². The van der Waals surface area contributed by atoms with Gasteiger partial charge in [0.1, 0.15) is 5.82 Å². The zero-order valence-electron chi connectivity index (χ0n) is 11.5. The second kappa shape index (κ2) is 6.32. The van der Waals surface area contributed by atoms with Crippen LogP contribution in [0.2, 0.25) is 0 Å². The van der Waals surface area contributed by atoms with E-state index >= 15 is 0 Å². The highest BCUT2D eigenvalue weighted by molar-refractivity contribution is 7.08. The van der Waals surface area contributed by atoms with Crippen molar-refractivity contribution in [3.05, 3.63) is 52.2 Å². The van der Waals surface area contributed by atoms with Gasteiger partial charge in [0, 0.05) is 49.9 Å². The molecule has 0 unspecified atom stereocenters. The SMILES string of the molecule is O=C(c1ccsc1)N1CCN(Cc2ccncc2F)CC1. The molecule has 0 aromatic carbocycles. The molecule has 2 aromatic rings. The fraction of sp³-hybridized carbons (Fsp3) is 0.333. The number of pyridine rings is 1. The summed E-state index contributed by atoms with van der Waals surface area (Å²) >= 11 is 1.53.